The molecule has 0 aromatic carbocycles. The monoisotopic (exact) mass is 124 g/mol. The molecule has 0 amide bonds. The topological polar surface area (TPSA) is 40.5 Å². The van der Waals surface area contributed by atoms with E-state index in [0.717, 1.165) is 0 Å². The van der Waals surface area contributed by atoms with Crippen LogP contribution in [0.15, 0.2) is 35.8 Å². The summed E-state index contributed by atoms with van der Waals surface area (Å²) in [6.07, 6.45) is 3.83. The second kappa shape index (κ2) is 1.97. The highest BCUT2D eigenvalue weighted by Gasteiger charge is 2.07. The number of rotatable bonds is 0. The van der Waals surface area contributed by atoms with Crippen molar-refractivity contribution in [2.75, 3.05) is 0 Å². The van der Waals surface area contributed by atoms with E-state index in [1.165, 1.54) is 6.08 Å². The van der Waals surface area contributed by atoms with Gasteiger partial charge in [0.2, 0.25) is 0 Å². The van der Waals surface area contributed by atoms with Crippen molar-refractivity contribution in [2.45, 2.75) is 6.42 Å². The molecule has 1 aliphatic carbocycles. The minimum Gasteiger partial charge on any atom is -0.504 e. The van der Waals surface area contributed by atoms with Gasteiger partial charge in [0.1, 0.15) is 0 Å². The number of hydrogen-bond acceptors (Lipinski definition) is 2. The number of aliphatic hydroxyl groups excluding tert-OH is 2. The van der Waals surface area contributed by atoms with Gasteiger partial charge in [-0.3, -0.25) is 0 Å². The Hall–Kier alpha value is -1.18. The van der Waals surface area contributed by atoms with E-state index in [-0.39, 0.29) is 11.5 Å². The average molecular weight is 124 g/mol. The Bertz CT molecular complexity index is 199. The van der Waals surface area contributed by atoms with E-state index in [9.17, 15) is 0 Å². The van der Waals surface area contributed by atoms with E-state index in [1.807, 2.05) is 0 Å². The van der Waals surface area contributed by atoms with Gasteiger partial charge < -0.3 is 10.2 Å². The van der Waals surface area contributed by atoms with Crippen molar-refractivity contribution in [3.63, 3.8) is 0 Å². The molecule has 0 aliphatic heterocycles. The summed E-state index contributed by atoms with van der Waals surface area (Å²) < 4.78 is 0. The summed E-state index contributed by atoms with van der Waals surface area (Å²) in [4.78, 5) is 0. The summed E-state index contributed by atoms with van der Waals surface area (Å²) in [5.74, 6) is -0.177. The summed E-state index contributed by atoms with van der Waals surface area (Å²) in [5, 5.41) is 17.8. The molecule has 2 heteroatoms. The van der Waals surface area contributed by atoms with Gasteiger partial charge in [-0.15, -0.1) is 0 Å². The number of hydrogen-bond donors (Lipinski definition) is 2. The largest absolute Gasteiger partial charge is 0.504 e. The molecule has 0 bridgehead atoms. The molecule has 0 saturated heterocycles. The fraction of sp³-hybridized carbons (Fsp3) is 0.143. The minimum atomic E-state index is -0.0914. The van der Waals surface area contributed by atoms with Crippen molar-refractivity contribution in [1.29, 1.82) is 0 Å². The third-order valence-corrected chi connectivity index (χ3v) is 1.22. The average Bonchev–Trinajstić information content (AvgIpc) is 1.83. The van der Waals surface area contributed by atoms with Crippen LogP contribution < -0.4 is 0 Å². The zero-order valence-corrected chi connectivity index (χ0v) is 4.96. The third-order valence-electron chi connectivity index (χ3n) is 1.22. The Morgan fingerprint density at radius 2 is 2.11 bits per heavy atom. The predicted molar refractivity (Wildman–Crippen MR) is 35.2 cm³/mol. The molecule has 1 rings (SSSR count). The van der Waals surface area contributed by atoms with E-state index in [1.54, 1.807) is 6.08 Å². The second-order valence-corrected chi connectivity index (χ2v) is 1.94. The number of aliphatic hydroxyl groups is 2. The fourth-order valence-electron chi connectivity index (χ4n) is 0.670. The van der Waals surface area contributed by atoms with Crippen molar-refractivity contribution in [1.82, 2.24) is 0 Å². The van der Waals surface area contributed by atoms with Crippen molar-refractivity contribution >= 4 is 0 Å². The van der Waals surface area contributed by atoms with E-state index in [2.05, 4.69) is 6.58 Å². The first kappa shape index (κ1) is 5.95. The molecule has 1 aliphatic rings. The molecule has 0 saturated carbocycles. The summed E-state index contributed by atoms with van der Waals surface area (Å²) in [6, 6.07) is 0. The molecule has 0 aromatic rings. The molecular weight excluding hydrogens is 116 g/mol. The van der Waals surface area contributed by atoms with Crippen LogP contribution in [0.5, 0.6) is 0 Å². The first-order valence-corrected chi connectivity index (χ1v) is 2.68. The van der Waals surface area contributed by atoms with Crippen LogP contribution in [0.3, 0.4) is 0 Å². The molecule has 0 unspecified atom stereocenters. The van der Waals surface area contributed by atoms with Crippen LogP contribution in [-0.4, -0.2) is 10.2 Å². The molecule has 0 heterocycles. The lowest BCUT2D eigenvalue weighted by molar-refractivity contribution is 0.342. The summed E-state index contributed by atoms with van der Waals surface area (Å²) in [6.45, 7) is 3.53. The van der Waals surface area contributed by atoms with Gasteiger partial charge in [-0.05, 0) is 18.1 Å². The molecule has 2 nitrogen and oxygen atoms in total. The van der Waals surface area contributed by atoms with Gasteiger partial charge in [-0.2, -0.15) is 0 Å². The quantitative estimate of drug-likeness (QED) is 0.517. The van der Waals surface area contributed by atoms with Crippen molar-refractivity contribution in [3.05, 3.63) is 35.8 Å². The Morgan fingerprint density at radius 1 is 1.44 bits per heavy atom. The highest BCUT2D eigenvalue weighted by atomic mass is 16.3. The highest BCUT2D eigenvalue weighted by Crippen LogP contribution is 2.18. The van der Waals surface area contributed by atoms with E-state index in [4.69, 9.17) is 10.2 Å². The SMILES string of the molecule is C=C1CC=CC(O)=C1O. The molecular formula is C7H8O2. The van der Waals surface area contributed by atoms with Gasteiger partial charge >= 0.3 is 0 Å². The Labute approximate surface area is 53.4 Å². The molecule has 0 aromatic heterocycles. The van der Waals surface area contributed by atoms with Crippen LogP contribution in [0.25, 0.3) is 0 Å². The normalized spacial score (nSPS) is 18.9. The first-order chi connectivity index (χ1) is 4.22. The van der Waals surface area contributed by atoms with Crippen LogP contribution in [0.2, 0.25) is 0 Å². The zero-order chi connectivity index (χ0) is 6.85. The third kappa shape index (κ3) is 0.964. The van der Waals surface area contributed by atoms with Gasteiger partial charge in [-0.25, -0.2) is 0 Å². The molecule has 0 radical (unpaired) electrons. The fourth-order valence-corrected chi connectivity index (χ4v) is 0.670. The second-order valence-electron chi connectivity index (χ2n) is 1.94. The Kier molecular flexibility index (Phi) is 1.30. The summed E-state index contributed by atoms with van der Waals surface area (Å²) in [5.41, 5.74) is 0.565. The summed E-state index contributed by atoms with van der Waals surface area (Å²) >= 11 is 0. The molecule has 0 atom stereocenters. The Morgan fingerprint density at radius 3 is 2.56 bits per heavy atom. The van der Waals surface area contributed by atoms with E-state index < -0.39 is 0 Å². The van der Waals surface area contributed by atoms with Crippen molar-refractivity contribution in [2.24, 2.45) is 0 Å². The van der Waals surface area contributed by atoms with Gasteiger partial charge in [0, 0.05) is 0 Å². The first-order valence-electron chi connectivity index (χ1n) is 2.68. The Balaban J connectivity index is 2.97. The maximum Gasteiger partial charge on any atom is 0.160 e. The lowest BCUT2D eigenvalue weighted by atomic mass is 10.1. The van der Waals surface area contributed by atoms with Crippen LogP contribution >= 0.6 is 0 Å². The maximum atomic E-state index is 8.93. The predicted octanol–water partition coefficient (Wildman–Crippen LogP) is 1.83. The van der Waals surface area contributed by atoms with Crippen molar-refractivity contribution in [3.8, 4) is 0 Å². The molecule has 9 heavy (non-hydrogen) atoms. The highest BCUT2D eigenvalue weighted by molar-refractivity contribution is 5.35. The lowest BCUT2D eigenvalue weighted by Gasteiger charge is -2.06. The maximum absolute atomic E-state index is 8.93. The molecule has 2 N–H and O–H groups in total. The van der Waals surface area contributed by atoms with Crippen LogP contribution in [-0.2, 0) is 0 Å². The summed E-state index contributed by atoms with van der Waals surface area (Å²) in [7, 11) is 0. The van der Waals surface area contributed by atoms with E-state index >= 15 is 0 Å². The van der Waals surface area contributed by atoms with Gasteiger partial charge in [-0.1, -0.05) is 12.7 Å². The van der Waals surface area contributed by atoms with Crippen LogP contribution in [0.4, 0.5) is 0 Å². The van der Waals surface area contributed by atoms with Crippen molar-refractivity contribution < 1.29 is 10.2 Å². The standard InChI is InChI=1S/C7H8O2/c1-5-3-2-4-6(8)7(5)9/h2,4,8-9H,1,3H2. The van der Waals surface area contributed by atoms with Crippen LogP contribution in [0, 0.1) is 0 Å². The van der Waals surface area contributed by atoms with E-state index in [0.29, 0.717) is 12.0 Å². The van der Waals surface area contributed by atoms with Gasteiger partial charge in [0.25, 0.3) is 0 Å². The zero-order valence-electron chi connectivity index (χ0n) is 4.96. The molecule has 0 spiro atoms. The van der Waals surface area contributed by atoms with Gasteiger partial charge in [0.05, 0.1) is 0 Å². The molecule has 0 fully saturated rings. The van der Waals surface area contributed by atoms with Gasteiger partial charge in [0.15, 0.2) is 11.5 Å². The van der Waals surface area contributed by atoms with Crippen LogP contribution in [0.1, 0.15) is 6.42 Å². The molecule has 48 valence electrons. The lowest BCUT2D eigenvalue weighted by Crippen LogP contribution is -1.95. The smallest absolute Gasteiger partial charge is 0.160 e. The minimum absolute atomic E-state index is 0.0856. The number of allylic oxidation sites excluding steroid dienone is 3.